The molecule has 0 fully saturated rings. The number of anilines is 2. The second-order valence-corrected chi connectivity index (χ2v) is 9.36. The van der Waals surface area contributed by atoms with E-state index in [-0.39, 0.29) is 11.2 Å². The van der Waals surface area contributed by atoms with E-state index in [0.717, 1.165) is 25.2 Å². The van der Waals surface area contributed by atoms with Gasteiger partial charge >= 0.3 is 0 Å². The molecule has 5 nitrogen and oxygen atoms in total. The third-order valence-corrected chi connectivity index (χ3v) is 6.44. The van der Waals surface area contributed by atoms with E-state index in [1.165, 1.54) is 28.7 Å². The van der Waals surface area contributed by atoms with Crippen LogP contribution in [0, 0.1) is 6.92 Å². The van der Waals surface area contributed by atoms with Gasteiger partial charge in [0, 0.05) is 11.0 Å². The first-order chi connectivity index (χ1) is 13.0. The lowest BCUT2D eigenvalue weighted by Crippen LogP contribution is -2.22. The average Bonchev–Trinajstić information content (AvgIpc) is 3.10. The second-order valence-electron chi connectivity index (χ2n) is 5.94. The average molecular weight is 463 g/mol. The number of nitrogens with zero attached hydrogens (tertiary/aromatic N) is 2. The van der Waals surface area contributed by atoms with Crippen molar-refractivity contribution in [1.82, 2.24) is 10.2 Å². The molecule has 1 aromatic heterocycles. The first kappa shape index (κ1) is 19.9. The minimum absolute atomic E-state index is 0.0708. The highest BCUT2D eigenvalue weighted by Gasteiger charge is 2.18. The van der Waals surface area contributed by atoms with Crippen LogP contribution < -0.4 is 10.6 Å². The molecule has 1 heterocycles. The Labute approximate surface area is 175 Å². The maximum Gasteiger partial charge on any atom is 0.237 e. The Morgan fingerprint density at radius 2 is 2.00 bits per heavy atom. The van der Waals surface area contributed by atoms with Crippen molar-refractivity contribution in [1.29, 1.82) is 0 Å². The van der Waals surface area contributed by atoms with Crippen LogP contribution in [0.4, 0.5) is 10.8 Å². The molecular formula is C19H19BrN4OS2. The smallest absolute Gasteiger partial charge is 0.237 e. The molecule has 2 N–H and O–H groups in total. The van der Waals surface area contributed by atoms with Crippen LogP contribution in [0.25, 0.3) is 0 Å². The largest absolute Gasteiger partial charge is 0.356 e. The highest BCUT2D eigenvalue weighted by Crippen LogP contribution is 2.30. The zero-order valence-corrected chi connectivity index (χ0v) is 18.1. The molecule has 8 heteroatoms. The van der Waals surface area contributed by atoms with Gasteiger partial charge in [0.15, 0.2) is 4.34 Å². The maximum absolute atomic E-state index is 12.5. The molecule has 140 valence electrons. The van der Waals surface area contributed by atoms with Gasteiger partial charge in [-0.3, -0.25) is 4.79 Å². The minimum atomic E-state index is -0.284. The summed E-state index contributed by atoms with van der Waals surface area (Å²) >= 11 is 6.33. The number of hydrogen-bond donors (Lipinski definition) is 2. The molecule has 1 unspecified atom stereocenters. The number of amides is 1. The molecule has 0 aliphatic carbocycles. The summed E-state index contributed by atoms with van der Waals surface area (Å²) in [6.07, 6.45) is 0. The fourth-order valence-electron chi connectivity index (χ4n) is 2.26. The van der Waals surface area contributed by atoms with Crippen molar-refractivity contribution in [2.24, 2.45) is 0 Å². The van der Waals surface area contributed by atoms with Gasteiger partial charge in [0.2, 0.25) is 11.0 Å². The third kappa shape index (κ3) is 5.79. The molecule has 0 saturated heterocycles. The Hall–Kier alpha value is -1.90. The van der Waals surface area contributed by atoms with E-state index < -0.39 is 0 Å². The van der Waals surface area contributed by atoms with Crippen LogP contribution in [0.15, 0.2) is 57.3 Å². The van der Waals surface area contributed by atoms with Crippen LogP contribution in [-0.2, 0) is 11.3 Å². The Balaban J connectivity index is 1.53. The van der Waals surface area contributed by atoms with Crippen molar-refractivity contribution in [2.45, 2.75) is 30.0 Å². The topological polar surface area (TPSA) is 66.9 Å². The van der Waals surface area contributed by atoms with Gasteiger partial charge in [-0.2, -0.15) is 0 Å². The number of carbonyl (C=O) groups excluding carboxylic acids is 1. The predicted octanol–water partition coefficient (Wildman–Crippen LogP) is 5.34. The van der Waals surface area contributed by atoms with Crippen LogP contribution in [0.3, 0.4) is 0 Å². The Kier molecular flexibility index (Phi) is 6.87. The Bertz CT molecular complexity index is 917. The number of nitrogens with one attached hydrogen (secondary N) is 2. The lowest BCUT2D eigenvalue weighted by molar-refractivity contribution is -0.115. The molecular weight excluding hydrogens is 444 g/mol. The van der Waals surface area contributed by atoms with Crippen molar-refractivity contribution < 1.29 is 4.79 Å². The maximum atomic E-state index is 12.5. The molecule has 0 spiro atoms. The van der Waals surface area contributed by atoms with Gasteiger partial charge in [0.1, 0.15) is 0 Å². The van der Waals surface area contributed by atoms with E-state index in [1.807, 2.05) is 50.2 Å². The number of aromatic nitrogens is 2. The van der Waals surface area contributed by atoms with E-state index in [9.17, 15) is 4.79 Å². The summed E-state index contributed by atoms with van der Waals surface area (Å²) < 4.78 is 1.63. The summed E-state index contributed by atoms with van der Waals surface area (Å²) in [7, 11) is 0. The van der Waals surface area contributed by atoms with Crippen LogP contribution in [-0.4, -0.2) is 21.4 Å². The number of aryl methyl sites for hydroxylation is 1. The molecule has 3 rings (SSSR count). The normalized spacial score (nSPS) is 11.8. The fourth-order valence-corrected chi connectivity index (χ4v) is 4.75. The van der Waals surface area contributed by atoms with Crippen LogP contribution in [0.2, 0.25) is 0 Å². The van der Waals surface area contributed by atoms with Gasteiger partial charge in [-0.1, -0.05) is 59.5 Å². The number of halogens is 1. The molecule has 0 radical (unpaired) electrons. The van der Waals surface area contributed by atoms with Crippen molar-refractivity contribution in [3.05, 3.63) is 64.1 Å². The summed E-state index contributed by atoms with van der Waals surface area (Å²) in [5.41, 5.74) is 3.07. The number of hydrogen-bond acceptors (Lipinski definition) is 6. The van der Waals surface area contributed by atoms with Crippen molar-refractivity contribution in [3.63, 3.8) is 0 Å². The molecule has 1 atom stereocenters. The molecule has 2 aromatic carbocycles. The number of rotatable bonds is 7. The van der Waals surface area contributed by atoms with E-state index >= 15 is 0 Å². The van der Waals surface area contributed by atoms with Gasteiger partial charge in [-0.25, -0.2) is 0 Å². The van der Waals surface area contributed by atoms with Crippen molar-refractivity contribution in [2.75, 3.05) is 10.6 Å². The van der Waals surface area contributed by atoms with Gasteiger partial charge < -0.3 is 10.6 Å². The predicted molar refractivity (Wildman–Crippen MR) is 117 cm³/mol. The first-order valence-electron chi connectivity index (χ1n) is 8.36. The van der Waals surface area contributed by atoms with Gasteiger partial charge in [0.25, 0.3) is 0 Å². The molecule has 0 aliphatic rings. The highest BCUT2D eigenvalue weighted by atomic mass is 79.9. The van der Waals surface area contributed by atoms with Gasteiger partial charge in [-0.05, 0) is 53.0 Å². The lowest BCUT2D eigenvalue weighted by Gasteiger charge is -2.12. The Morgan fingerprint density at radius 3 is 2.74 bits per heavy atom. The molecule has 0 bridgehead atoms. The molecule has 0 aliphatic heterocycles. The monoisotopic (exact) mass is 462 g/mol. The summed E-state index contributed by atoms with van der Waals surface area (Å²) in [6, 6.07) is 15.9. The highest BCUT2D eigenvalue weighted by molar-refractivity contribution is 9.10. The third-order valence-electron chi connectivity index (χ3n) is 3.72. The summed E-state index contributed by atoms with van der Waals surface area (Å²) in [4.78, 5) is 12.5. The Morgan fingerprint density at radius 1 is 1.22 bits per heavy atom. The standard InChI is InChI=1S/C19H19BrN4OS2/c1-12-8-9-16(15(20)10-12)22-17(25)13(2)26-19-24-23-18(27-19)21-11-14-6-4-3-5-7-14/h3-10,13H,11H2,1-2H3,(H,21,23)(H,22,25). The van der Waals surface area contributed by atoms with Crippen LogP contribution >= 0.6 is 39.0 Å². The van der Waals surface area contributed by atoms with Crippen molar-refractivity contribution >= 4 is 55.8 Å². The summed E-state index contributed by atoms with van der Waals surface area (Å²) in [6.45, 7) is 4.56. The zero-order chi connectivity index (χ0) is 19.2. The summed E-state index contributed by atoms with van der Waals surface area (Å²) in [5.74, 6) is -0.0708. The fraction of sp³-hybridized carbons (Fsp3) is 0.211. The molecule has 1 amide bonds. The van der Waals surface area contributed by atoms with Gasteiger partial charge in [-0.15, -0.1) is 10.2 Å². The molecule has 3 aromatic rings. The SMILES string of the molecule is Cc1ccc(NC(=O)C(C)Sc2nnc(NCc3ccccc3)s2)c(Br)c1. The van der Waals surface area contributed by atoms with E-state index in [0.29, 0.717) is 6.54 Å². The number of benzene rings is 2. The van der Waals surface area contributed by atoms with E-state index in [1.54, 1.807) is 0 Å². The summed E-state index contributed by atoms with van der Waals surface area (Å²) in [5, 5.41) is 15.0. The van der Waals surface area contributed by atoms with Crippen molar-refractivity contribution in [3.8, 4) is 0 Å². The van der Waals surface area contributed by atoms with E-state index in [4.69, 9.17) is 0 Å². The minimum Gasteiger partial charge on any atom is -0.356 e. The number of thioether (sulfide) groups is 1. The van der Waals surface area contributed by atoms with E-state index in [2.05, 4.69) is 48.9 Å². The second kappa shape index (κ2) is 9.34. The molecule has 0 saturated carbocycles. The van der Waals surface area contributed by atoms with Crippen LogP contribution in [0.5, 0.6) is 0 Å². The number of carbonyl (C=O) groups is 1. The first-order valence-corrected chi connectivity index (χ1v) is 10.8. The van der Waals surface area contributed by atoms with Crippen LogP contribution in [0.1, 0.15) is 18.1 Å². The quantitative estimate of drug-likeness (QED) is 0.463. The zero-order valence-electron chi connectivity index (χ0n) is 14.9. The lowest BCUT2D eigenvalue weighted by atomic mass is 10.2. The van der Waals surface area contributed by atoms with Gasteiger partial charge in [0.05, 0.1) is 10.9 Å². The molecule has 27 heavy (non-hydrogen) atoms.